The number of rotatable bonds is 8. The van der Waals surface area contributed by atoms with Crippen molar-refractivity contribution >= 4 is 11.6 Å². The predicted octanol–water partition coefficient (Wildman–Crippen LogP) is 3.73. The highest BCUT2D eigenvalue weighted by molar-refractivity contribution is 6.20. The van der Waals surface area contributed by atoms with Crippen molar-refractivity contribution in [1.29, 1.82) is 0 Å². The summed E-state index contributed by atoms with van der Waals surface area (Å²) in [5, 5.41) is 4.73. The molecule has 1 heterocycles. The van der Waals surface area contributed by atoms with Gasteiger partial charge in [-0.2, -0.15) is 5.10 Å². The van der Waals surface area contributed by atoms with Crippen LogP contribution < -0.4 is 0 Å². The van der Waals surface area contributed by atoms with Crippen LogP contribution in [-0.2, 0) is 24.1 Å². The quantitative estimate of drug-likeness (QED) is 0.533. The Bertz CT molecular complexity index is 361. The fraction of sp³-hybridized carbons (Fsp3) is 0.786. The van der Waals surface area contributed by atoms with Crippen molar-refractivity contribution in [3.8, 4) is 0 Å². The minimum absolute atomic E-state index is 0.0375. The molecule has 1 atom stereocenters. The standard InChI is InChI=1S/C14H25ClN2O/c1-5-12-14(11(4)15)13(6-2)17(16-12)9-8-10-18-7-3/h11H,5-10H2,1-4H3. The molecule has 0 N–H and O–H groups in total. The highest BCUT2D eigenvalue weighted by Gasteiger charge is 2.18. The third-order valence-electron chi connectivity index (χ3n) is 3.11. The Morgan fingerprint density at radius 1 is 1.28 bits per heavy atom. The molecule has 1 unspecified atom stereocenters. The maximum atomic E-state index is 6.29. The van der Waals surface area contributed by atoms with Crippen LogP contribution in [0.4, 0.5) is 0 Å². The lowest BCUT2D eigenvalue weighted by Gasteiger charge is -2.09. The summed E-state index contributed by atoms with van der Waals surface area (Å²) >= 11 is 6.29. The van der Waals surface area contributed by atoms with E-state index in [1.807, 2.05) is 13.8 Å². The van der Waals surface area contributed by atoms with Gasteiger partial charge in [-0.3, -0.25) is 4.68 Å². The molecule has 18 heavy (non-hydrogen) atoms. The van der Waals surface area contributed by atoms with Gasteiger partial charge in [-0.15, -0.1) is 11.6 Å². The number of alkyl halides is 1. The van der Waals surface area contributed by atoms with E-state index < -0.39 is 0 Å². The number of ether oxygens (including phenoxy) is 1. The van der Waals surface area contributed by atoms with Gasteiger partial charge in [-0.05, 0) is 33.1 Å². The Labute approximate surface area is 115 Å². The van der Waals surface area contributed by atoms with Crippen LogP contribution in [0.2, 0.25) is 0 Å². The highest BCUT2D eigenvalue weighted by Crippen LogP contribution is 2.28. The minimum Gasteiger partial charge on any atom is -0.382 e. The number of aryl methyl sites for hydroxylation is 2. The zero-order chi connectivity index (χ0) is 13.5. The van der Waals surface area contributed by atoms with Gasteiger partial charge < -0.3 is 4.74 Å². The molecular formula is C14H25ClN2O. The molecule has 104 valence electrons. The fourth-order valence-corrected chi connectivity index (χ4v) is 2.56. The maximum Gasteiger partial charge on any atom is 0.0671 e. The van der Waals surface area contributed by atoms with Gasteiger partial charge in [-0.25, -0.2) is 0 Å². The molecule has 4 heteroatoms. The van der Waals surface area contributed by atoms with E-state index in [4.69, 9.17) is 21.4 Å². The molecule has 1 aromatic heterocycles. The third-order valence-corrected chi connectivity index (χ3v) is 3.32. The van der Waals surface area contributed by atoms with Gasteiger partial charge in [0.25, 0.3) is 0 Å². The first-order valence-corrected chi connectivity index (χ1v) is 7.39. The summed E-state index contributed by atoms with van der Waals surface area (Å²) in [5.41, 5.74) is 3.66. The molecule has 0 bridgehead atoms. The Balaban J connectivity index is 2.83. The zero-order valence-corrected chi connectivity index (χ0v) is 12.8. The molecule has 0 fully saturated rings. The summed E-state index contributed by atoms with van der Waals surface area (Å²) in [6.07, 6.45) is 2.92. The summed E-state index contributed by atoms with van der Waals surface area (Å²) < 4.78 is 7.49. The second-order valence-electron chi connectivity index (χ2n) is 4.40. The molecule has 0 amide bonds. The fourth-order valence-electron chi connectivity index (χ4n) is 2.30. The number of nitrogens with zero attached hydrogens (tertiary/aromatic N) is 2. The highest BCUT2D eigenvalue weighted by atomic mass is 35.5. The topological polar surface area (TPSA) is 27.1 Å². The van der Waals surface area contributed by atoms with E-state index in [0.717, 1.165) is 44.7 Å². The van der Waals surface area contributed by atoms with Crippen molar-refractivity contribution in [2.45, 2.75) is 58.9 Å². The van der Waals surface area contributed by atoms with Crippen molar-refractivity contribution in [1.82, 2.24) is 9.78 Å². The first-order chi connectivity index (χ1) is 8.65. The van der Waals surface area contributed by atoms with Crippen molar-refractivity contribution in [2.75, 3.05) is 13.2 Å². The molecule has 1 aromatic rings. The van der Waals surface area contributed by atoms with E-state index in [0.29, 0.717) is 0 Å². The van der Waals surface area contributed by atoms with Crippen molar-refractivity contribution < 1.29 is 4.74 Å². The number of aromatic nitrogens is 2. The van der Waals surface area contributed by atoms with Crippen LogP contribution in [0.15, 0.2) is 0 Å². The molecule has 0 aliphatic heterocycles. The SMILES string of the molecule is CCOCCCn1nc(CC)c(C(C)Cl)c1CC. The van der Waals surface area contributed by atoms with Crippen LogP contribution in [-0.4, -0.2) is 23.0 Å². The molecule has 0 radical (unpaired) electrons. The maximum absolute atomic E-state index is 6.29. The largest absolute Gasteiger partial charge is 0.382 e. The van der Waals surface area contributed by atoms with E-state index in [1.54, 1.807) is 0 Å². The average molecular weight is 273 g/mol. The molecule has 0 spiro atoms. The summed E-state index contributed by atoms with van der Waals surface area (Å²) in [6, 6.07) is 0. The Morgan fingerprint density at radius 2 is 2.00 bits per heavy atom. The second kappa shape index (κ2) is 7.80. The summed E-state index contributed by atoms with van der Waals surface area (Å²) in [6.45, 7) is 10.8. The van der Waals surface area contributed by atoms with Crippen molar-refractivity contribution in [3.63, 3.8) is 0 Å². The van der Waals surface area contributed by atoms with Gasteiger partial charge >= 0.3 is 0 Å². The smallest absolute Gasteiger partial charge is 0.0671 e. The van der Waals surface area contributed by atoms with Gasteiger partial charge in [0.15, 0.2) is 0 Å². The molecule has 0 aromatic carbocycles. The van der Waals surface area contributed by atoms with Gasteiger partial charge in [-0.1, -0.05) is 13.8 Å². The predicted molar refractivity (Wildman–Crippen MR) is 76.4 cm³/mol. The molecule has 1 rings (SSSR count). The first kappa shape index (κ1) is 15.5. The molecular weight excluding hydrogens is 248 g/mol. The molecule has 0 saturated heterocycles. The van der Waals surface area contributed by atoms with Crippen LogP contribution in [0.1, 0.15) is 56.4 Å². The van der Waals surface area contributed by atoms with Crippen LogP contribution in [0.25, 0.3) is 0 Å². The van der Waals surface area contributed by atoms with Crippen molar-refractivity contribution in [3.05, 3.63) is 17.0 Å². The van der Waals surface area contributed by atoms with Gasteiger partial charge in [0.2, 0.25) is 0 Å². The van der Waals surface area contributed by atoms with Gasteiger partial charge in [0, 0.05) is 31.0 Å². The molecule has 0 aliphatic rings. The van der Waals surface area contributed by atoms with Gasteiger partial charge in [0.05, 0.1) is 11.1 Å². The van der Waals surface area contributed by atoms with Crippen molar-refractivity contribution in [2.24, 2.45) is 0 Å². The van der Waals surface area contributed by atoms with Crippen LogP contribution in [0.5, 0.6) is 0 Å². The number of halogens is 1. The third kappa shape index (κ3) is 3.72. The number of hydrogen-bond acceptors (Lipinski definition) is 2. The van der Waals surface area contributed by atoms with E-state index in [-0.39, 0.29) is 5.38 Å². The molecule has 3 nitrogen and oxygen atoms in total. The summed E-state index contributed by atoms with van der Waals surface area (Å²) in [4.78, 5) is 0. The lowest BCUT2D eigenvalue weighted by Crippen LogP contribution is -2.08. The van der Waals surface area contributed by atoms with Crippen LogP contribution >= 0.6 is 11.6 Å². The van der Waals surface area contributed by atoms with E-state index >= 15 is 0 Å². The van der Waals surface area contributed by atoms with E-state index in [2.05, 4.69) is 18.5 Å². The second-order valence-corrected chi connectivity index (χ2v) is 5.06. The molecule has 0 saturated carbocycles. The first-order valence-electron chi connectivity index (χ1n) is 6.95. The van der Waals surface area contributed by atoms with E-state index in [1.165, 1.54) is 11.3 Å². The zero-order valence-electron chi connectivity index (χ0n) is 12.0. The molecule has 0 aliphatic carbocycles. The lowest BCUT2D eigenvalue weighted by atomic mass is 10.1. The Hall–Kier alpha value is -0.540. The van der Waals surface area contributed by atoms with E-state index in [9.17, 15) is 0 Å². The minimum atomic E-state index is 0.0375. The lowest BCUT2D eigenvalue weighted by molar-refractivity contribution is 0.140. The monoisotopic (exact) mass is 272 g/mol. The summed E-state index contributed by atoms with van der Waals surface area (Å²) in [7, 11) is 0. The Morgan fingerprint density at radius 3 is 2.50 bits per heavy atom. The summed E-state index contributed by atoms with van der Waals surface area (Å²) in [5.74, 6) is 0. The van der Waals surface area contributed by atoms with Crippen LogP contribution in [0, 0.1) is 0 Å². The normalized spacial score (nSPS) is 12.9. The number of hydrogen-bond donors (Lipinski definition) is 0. The Kier molecular flexibility index (Phi) is 6.72. The van der Waals surface area contributed by atoms with Crippen LogP contribution in [0.3, 0.4) is 0 Å². The van der Waals surface area contributed by atoms with Gasteiger partial charge in [0.1, 0.15) is 0 Å². The average Bonchev–Trinajstić information content (AvgIpc) is 2.72.